The van der Waals surface area contributed by atoms with Crippen LogP contribution in [0.25, 0.3) is 10.9 Å². The minimum Gasteiger partial charge on any atom is -0.491 e. The highest BCUT2D eigenvalue weighted by molar-refractivity contribution is 5.97. The van der Waals surface area contributed by atoms with E-state index in [0.29, 0.717) is 42.1 Å². The number of aromatic nitrogens is 2. The fraction of sp³-hybridized carbons (Fsp3) is 0.526. The second kappa shape index (κ2) is 8.85. The molecule has 0 radical (unpaired) electrons. The molecule has 0 aliphatic carbocycles. The number of fused-ring (bicyclic) bond motifs is 1. The lowest BCUT2D eigenvalue weighted by molar-refractivity contribution is 0.110. The molecule has 8 nitrogen and oxygen atoms in total. The Hall–Kier alpha value is -2.61. The highest BCUT2D eigenvalue weighted by Gasteiger charge is 2.29. The van der Waals surface area contributed by atoms with E-state index in [0.717, 1.165) is 12.7 Å². The Kier molecular flexibility index (Phi) is 6.79. The molecule has 0 fully saturated rings. The third-order valence-electron chi connectivity index (χ3n) is 4.71. The lowest BCUT2D eigenvalue weighted by Gasteiger charge is -2.31. The number of hydrogen-bond donors (Lipinski definition) is 2. The third kappa shape index (κ3) is 4.97. The van der Waals surface area contributed by atoms with Crippen LogP contribution >= 0.6 is 0 Å². The molecule has 2 aromatic rings. The number of aldehydes is 1. The van der Waals surface area contributed by atoms with E-state index in [9.17, 15) is 9.59 Å². The van der Waals surface area contributed by atoms with Crippen molar-refractivity contribution in [1.82, 2.24) is 15.1 Å². The number of methoxy groups -OCH3 is 1. The van der Waals surface area contributed by atoms with E-state index in [2.05, 4.69) is 10.4 Å². The number of nitrogens with one attached hydrogen (secondary N) is 1. The second-order valence-corrected chi connectivity index (χ2v) is 7.17. The van der Waals surface area contributed by atoms with E-state index in [-0.39, 0.29) is 6.04 Å². The Bertz CT molecular complexity index is 800. The van der Waals surface area contributed by atoms with Crippen molar-refractivity contribution in [3.8, 4) is 5.75 Å². The molecule has 1 amide bonds. The smallest absolute Gasteiger partial charge is 0.404 e. The summed E-state index contributed by atoms with van der Waals surface area (Å²) < 4.78 is 12.4. The van der Waals surface area contributed by atoms with E-state index in [1.807, 2.05) is 32.0 Å². The molecule has 2 rings (SSSR count). The van der Waals surface area contributed by atoms with Gasteiger partial charge in [0, 0.05) is 43.5 Å². The van der Waals surface area contributed by atoms with Gasteiger partial charge in [0.2, 0.25) is 0 Å². The van der Waals surface area contributed by atoms with Crippen molar-refractivity contribution in [2.24, 2.45) is 5.41 Å². The van der Waals surface area contributed by atoms with Crippen LogP contribution in [0.1, 0.15) is 37.7 Å². The second-order valence-electron chi connectivity index (χ2n) is 7.17. The van der Waals surface area contributed by atoms with E-state index in [1.54, 1.807) is 18.7 Å². The van der Waals surface area contributed by atoms with Gasteiger partial charge in [-0.1, -0.05) is 26.0 Å². The van der Waals surface area contributed by atoms with Crippen molar-refractivity contribution in [3.63, 3.8) is 0 Å². The maximum absolute atomic E-state index is 11.7. The number of rotatable bonds is 10. The average molecular weight is 377 g/mol. The molecule has 1 aromatic carbocycles. The first kappa shape index (κ1) is 20.7. The van der Waals surface area contributed by atoms with Gasteiger partial charge in [0.15, 0.2) is 6.29 Å². The van der Waals surface area contributed by atoms with Gasteiger partial charge < -0.3 is 19.9 Å². The standard InChI is InChI=1S/C19H27N3O5/c1-13(20-18(24)25)19(2,3)12-22-15(11-23)14-7-5-8-16(17(14)21-22)27-10-6-9-26-4/h5,7-8,11,13,20H,6,9-10,12H2,1-4H3,(H,24,25). The van der Waals surface area contributed by atoms with E-state index >= 15 is 0 Å². The molecule has 0 bridgehead atoms. The van der Waals surface area contributed by atoms with Crippen LogP contribution in [0.15, 0.2) is 18.2 Å². The SMILES string of the molecule is COCCCOc1cccc2c(C=O)n(CC(C)(C)C(C)NC(=O)O)nc12. The zero-order valence-corrected chi connectivity index (χ0v) is 16.2. The van der Waals surface area contributed by atoms with Gasteiger partial charge in [-0.2, -0.15) is 5.10 Å². The minimum absolute atomic E-state index is 0.327. The predicted octanol–water partition coefficient (Wildman–Crippen LogP) is 2.95. The van der Waals surface area contributed by atoms with Gasteiger partial charge in [0.1, 0.15) is 17.0 Å². The molecule has 0 aliphatic heterocycles. The number of carbonyl (C=O) groups is 2. The van der Waals surface area contributed by atoms with Crippen LogP contribution in [-0.4, -0.2) is 53.6 Å². The van der Waals surface area contributed by atoms with Crippen molar-refractivity contribution in [2.75, 3.05) is 20.3 Å². The molecule has 0 saturated heterocycles. The first-order valence-corrected chi connectivity index (χ1v) is 8.86. The number of carboxylic acid groups (broad SMARTS) is 1. The Balaban J connectivity index is 2.31. The molecular formula is C19H27N3O5. The zero-order valence-electron chi connectivity index (χ0n) is 16.2. The van der Waals surface area contributed by atoms with Gasteiger partial charge in [0.25, 0.3) is 0 Å². The number of hydrogen-bond acceptors (Lipinski definition) is 5. The van der Waals surface area contributed by atoms with E-state index < -0.39 is 11.5 Å². The van der Waals surface area contributed by atoms with Gasteiger partial charge in [-0.05, 0) is 13.0 Å². The summed E-state index contributed by atoms with van der Waals surface area (Å²) in [5, 5.41) is 16.7. The maximum atomic E-state index is 11.7. The fourth-order valence-corrected chi connectivity index (χ4v) is 2.80. The van der Waals surface area contributed by atoms with E-state index in [4.69, 9.17) is 14.6 Å². The Morgan fingerprint density at radius 2 is 2.15 bits per heavy atom. The van der Waals surface area contributed by atoms with Crippen LogP contribution in [0.4, 0.5) is 4.79 Å². The van der Waals surface area contributed by atoms with Gasteiger partial charge in [-0.15, -0.1) is 0 Å². The Morgan fingerprint density at radius 3 is 2.78 bits per heavy atom. The molecule has 1 heterocycles. The summed E-state index contributed by atoms with van der Waals surface area (Å²) in [6, 6.07) is 5.15. The largest absolute Gasteiger partial charge is 0.491 e. The van der Waals surface area contributed by atoms with Gasteiger partial charge in [-0.25, -0.2) is 4.79 Å². The first-order valence-electron chi connectivity index (χ1n) is 8.86. The zero-order chi connectivity index (χ0) is 20.0. The number of amides is 1. The van der Waals surface area contributed by atoms with Crippen molar-refractivity contribution < 1.29 is 24.2 Å². The third-order valence-corrected chi connectivity index (χ3v) is 4.71. The highest BCUT2D eigenvalue weighted by atomic mass is 16.5. The fourth-order valence-electron chi connectivity index (χ4n) is 2.80. The monoisotopic (exact) mass is 377 g/mol. The molecule has 8 heteroatoms. The van der Waals surface area contributed by atoms with Gasteiger partial charge >= 0.3 is 6.09 Å². The van der Waals surface area contributed by atoms with Crippen LogP contribution < -0.4 is 10.1 Å². The first-order chi connectivity index (χ1) is 12.8. The molecule has 0 saturated carbocycles. The van der Waals surface area contributed by atoms with Crippen molar-refractivity contribution in [2.45, 2.75) is 39.8 Å². The lowest BCUT2D eigenvalue weighted by Crippen LogP contribution is -2.44. The Morgan fingerprint density at radius 1 is 1.41 bits per heavy atom. The molecular weight excluding hydrogens is 350 g/mol. The van der Waals surface area contributed by atoms with E-state index in [1.165, 1.54) is 0 Å². The topological polar surface area (TPSA) is 103 Å². The summed E-state index contributed by atoms with van der Waals surface area (Å²) in [4.78, 5) is 22.7. The molecule has 1 aromatic heterocycles. The van der Waals surface area contributed by atoms with Gasteiger partial charge in [-0.3, -0.25) is 9.48 Å². The molecule has 1 atom stereocenters. The summed E-state index contributed by atoms with van der Waals surface area (Å²) in [6.07, 6.45) is 0.443. The Labute approximate surface area is 158 Å². The number of carbonyl (C=O) groups excluding carboxylic acids is 1. The van der Waals surface area contributed by atoms with Crippen molar-refractivity contribution >= 4 is 23.3 Å². The average Bonchev–Trinajstić information content (AvgIpc) is 2.95. The maximum Gasteiger partial charge on any atom is 0.404 e. The number of ether oxygens (including phenoxy) is 2. The van der Waals surface area contributed by atoms with Gasteiger partial charge in [0.05, 0.1) is 6.61 Å². The molecule has 0 spiro atoms. The number of nitrogens with zero attached hydrogens (tertiary/aromatic N) is 2. The molecule has 2 N–H and O–H groups in total. The molecule has 148 valence electrons. The van der Waals surface area contributed by atoms with Crippen LogP contribution in [0.3, 0.4) is 0 Å². The molecule has 1 unspecified atom stereocenters. The quantitative estimate of drug-likeness (QED) is 0.487. The molecule has 0 aliphatic rings. The highest BCUT2D eigenvalue weighted by Crippen LogP contribution is 2.30. The molecule has 27 heavy (non-hydrogen) atoms. The van der Waals surface area contributed by atoms with Crippen LogP contribution in [-0.2, 0) is 11.3 Å². The summed E-state index contributed by atoms with van der Waals surface area (Å²) >= 11 is 0. The van der Waals surface area contributed by atoms with Crippen molar-refractivity contribution in [3.05, 3.63) is 23.9 Å². The summed E-state index contributed by atoms with van der Waals surface area (Å²) in [6.45, 7) is 7.12. The normalized spacial score (nSPS) is 12.7. The predicted molar refractivity (Wildman–Crippen MR) is 102 cm³/mol. The van der Waals surface area contributed by atoms with Crippen molar-refractivity contribution in [1.29, 1.82) is 0 Å². The summed E-state index contributed by atoms with van der Waals surface area (Å²) in [5.41, 5.74) is 0.604. The van der Waals surface area contributed by atoms with Crippen LogP contribution in [0, 0.1) is 5.41 Å². The number of benzene rings is 1. The van der Waals surface area contributed by atoms with Crippen LogP contribution in [0.2, 0.25) is 0 Å². The van der Waals surface area contributed by atoms with Crippen LogP contribution in [0.5, 0.6) is 5.75 Å². The minimum atomic E-state index is -1.08. The lowest BCUT2D eigenvalue weighted by atomic mass is 9.85. The summed E-state index contributed by atoms with van der Waals surface area (Å²) in [5.74, 6) is 0.611. The summed E-state index contributed by atoms with van der Waals surface area (Å²) in [7, 11) is 1.64.